The van der Waals surface area contributed by atoms with Crippen molar-refractivity contribution < 1.29 is 18.3 Å². The van der Waals surface area contributed by atoms with E-state index in [2.05, 4.69) is 0 Å². The lowest BCUT2D eigenvalue weighted by Crippen LogP contribution is -2.18. The Bertz CT molecular complexity index is 318. The molecule has 68 valence electrons. The minimum absolute atomic E-state index is 0.0822. The topological polar surface area (TPSA) is 71.4 Å². The second-order valence-electron chi connectivity index (χ2n) is 3.59. The molecular formula is C7H10O4S. The van der Waals surface area contributed by atoms with Crippen LogP contribution in [0, 0.1) is 17.8 Å². The van der Waals surface area contributed by atoms with Gasteiger partial charge in [0.2, 0.25) is 0 Å². The average molecular weight is 190 g/mol. The fraction of sp³-hybridized carbons (Fsp3) is 0.857. The van der Waals surface area contributed by atoms with E-state index < -0.39 is 15.8 Å². The van der Waals surface area contributed by atoms with Gasteiger partial charge in [0.1, 0.15) is 0 Å². The van der Waals surface area contributed by atoms with Gasteiger partial charge in [-0.25, -0.2) is 8.42 Å². The number of fused-ring (bicyclic) bond motifs is 1. The number of aliphatic carboxylic acids is 1. The molecule has 4 nitrogen and oxygen atoms in total. The van der Waals surface area contributed by atoms with E-state index in [0.29, 0.717) is 6.42 Å². The van der Waals surface area contributed by atoms with Crippen LogP contribution < -0.4 is 0 Å². The van der Waals surface area contributed by atoms with Gasteiger partial charge >= 0.3 is 5.97 Å². The van der Waals surface area contributed by atoms with Crippen molar-refractivity contribution in [1.82, 2.24) is 0 Å². The largest absolute Gasteiger partial charge is 0.481 e. The summed E-state index contributed by atoms with van der Waals surface area (Å²) in [4.78, 5) is 10.5. The minimum Gasteiger partial charge on any atom is -0.481 e. The Labute approximate surface area is 70.5 Å². The number of carboxylic acids is 1. The summed E-state index contributed by atoms with van der Waals surface area (Å²) >= 11 is 0. The van der Waals surface area contributed by atoms with Gasteiger partial charge in [-0.05, 0) is 18.3 Å². The molecule has 0 amide bonds. The first kappa shape index (κ1) is 8.04. The van der Waals surface area contributed by atoms with Crippen LogP contribution in [0.25, 0.3) is 0 Å². The van der Waals surface area contributed by atoms with Gasteiger partial charge in [-0.3, -0.25) is 4.79 Å². The second-order valence-corrected chi connectivity index (χ2v) is 5.82. The Morgan fingerprint density at radius 1 is 1.33 bits per heavy atom. The SMILES string of the molecule is O=C(O)[C@@H]1[C@@H]2CCS(=O)(=O)C[C@@H]21. The van der Waals surface area contributed by atoms with Gasteiger partial charge in [0.25, 0.3) is 0 Å². The first-order chi connectivity index (χ1) is 5.51. The van der Waals surface area contributed by atoms with Gasteiger partial charge in [0, 0.05) is 0 Å². The monoisotopic (exact) mass is 190 g/mol. The van der Waals surface area contributed by atoms with E-state index in [4.69, 9.17) is 5.11 Å². The Morgan fingerprint density at radius 3 is 2.50 bits per heavy atom. The van der Waals surface area contributed by atoms with Crippen LogP contribution in [0.5, 0.6) is 0 Å². The van der Waals surface area contributed by atoms with E-state index in [-0.39, 0.29) is 29.3 Å². The number of sulfone groups is 1. The van der Waals surface area contributed by atoms with Crippen LogP contribution in [0.15, 0.2) is 0 Å². The molecule has 1 saturated heterocycles. The molecule has 3 atom stereocenters. The standard InChI is InChI=1S/C7H10O4S/c8-7(9)6-4-1-2-12(10,11)3-5(4)6/h4-6H,1-3H2,(H,8,9)/t4-,5+,6-/m1/s1. The molecule has 5 heteroatoms. The molecule has 0 aromatic carbocycles. The van der Waals surface area contributed by atoms with Crippen molar-refractivity contribution in [1.29, 1.82) is 0 Å². The Kier molecular flexibility index (Phi) is 1.49. The third-order valence-electron chi connectivity index (χ3n) is 2.83. The molecule has 1 aliphatic carbocycles. The van der Waals surface area contributed by atoms with E-state index in [9.17, 15) is 13.2 Å². The zero-order valence-electron chi connectivity index (χ0n) is 6.43. The van der Waals surface area contributed by atoms with Crippen LogP contribution >= 0.6 is 0 Å². The molecule has 12 heavy (non-hydrogen) atoms. The lowest BCUT2D eigenvalue weighted by Gasteiger charge is -2.07. The number of hydrogen-bond acceptors (Lipinski definition) is 3. The van der Waals surface area contributed by atoms with Crippen LogP contribution in [0.2, 0.25) is 0 Å². The average Bonchev–Trinajstić information content (AvgIpc) is 2.58. The van der Waals surface area contributed by atoms with E-state index in [1.54, 1.807) is 0 Å². The van der Waals surface area contributed by atoms with Crippen molar-refractivity contribution in [2.45, 2.75) is 6.42 Å². The summed E-state index contributed by atoms with van der Waals surface area (Å²) in [6.07, 6.45) is 0.546. The molecule has 0 bridgehead atoms. The molecule has 2 aliphatic rings. The summed E-state index contributed by atoms with van der Waals surface area (Å²) in [6, 6.07) is 0. The van der Waals surface area contributed by atoms with Gasteiger partial charge in [-0.1, -0.05) is 0 Å². The highest BCUT2D eigenvalue weighted by Crippen LogP contribution is 2.52. The third-order valence-corrected chi connectivity index (χ3v) is 4.58. The van der Waals surface area contributed by atoms with E-state index in [1.165, 1.54) is 0 Å². The number of rotatable bonds is 1. The lowest BCUT2D eigenvalue weighted by molar-refractivity contribution is -0.139. The Hall–Kier alpha value is -0.580. The Morgan fingerprint density at radius 2 is 2.00 bits per heavy atom. The zero-order chi connectivity index (χ0) is 8.93. The first-order valence-corrected chi connectivity index (χ1v) is 5.76. The highest BCUT2D eigenvalue weighted by atomic mass is 32.2. The maximum atomic E-state index is 11.1. The zero-order valence-corrected chi connectivity index (χ0v) is 7.25. The summed E-state index contributed by atoms with van der Waals surface area (Å²) in [7, 11) is -2.92. The van der Waals surface area contributed by atoms with Crippen LogP contribution in [0.3, 0.4) is 0 Å². The molecule has 0 aromatic rings. The van der Waals surface area contributed by atoms with E-state index in [1.807, 2.05) is 0 Å². The quantitative estimate of drug-likeness (QED) is 0.619. The van der Waals surface area contributed by atoms with Crippen molar-refractivity contribution in [3.05, 3.63) is 0 Å². The second kappa shape index (κ2) is 2.22. The molecule has 2 fully saturated rings. The summed E-state index contributed by atoms with van der Waals surface area (Å²) in [5.41, 5.74) is 0. The van der Waals surface area contributed by atoms with Crippen LogP contribution in [-0.4, -0.2) is 31.0 Å². The first-order valence-electron chi connectivity index (χ1n) is 3.94. The fourth-order valence-corrected chi connectivity index (χ4v) is 3.96. The van der Waals surface area contributed by atoms with Crippen LogP contribution in [0.1, 0.15) is 6.42 Å². The smallest absolute Gasteiger partial charge is 0.307 e. The normalized spacial score (nSPS) is 43.2. The van der Waals surface area contributed by atoms with E-state index in [0.717, 1.165) is 0 Å². The minimum atomic E-state index is -2.92. The summed E-state index contributed by atoms with van der Waals surface area (Å²) in [6.45, 7) is 0. The van der Waals surface area contributed by atoms with Crippen molar-refractivity contribution in [3.8, 4) is 0 Å². The number of carbonyl (C=O) groups is 1. The van der Waals surface area contributed by atoms with Crippen molar-refractivity contribution in [3.63, 3.8) is 0 Å². The van der Waals surface area contributed by atoms with Gasteiger partial charge in [-0.2, -0.15) is 0 Å². The molecule has 1 N–H and O–H groups in total. The van der Waals surface area contributed by atoms with Gasteiger partial charge in [-0.15, -0.1) is 0 Å². The maximum Gasteiger partial charge on any atom is 0.307 e. The van der Waals surface area contributed by atoms with Gasteiger partial charge in [0.15, 0.2) is 9.84 Å². The highest BCUT2D eigenvalue weighted by Gasteiger charge is 2.58. The summed E-state index contributed by atoms with van der Waals surface area (Å²) in [5.74, 6) is -0.872. The van der Waals surface area contributed by atoms with E-state index >= 15 is 0 Å². The molecule has 0 unspecified atom stereocenters. The van der Waals surface area contributed by atoms with Crippen molar-refractivity contribution in [2.24, 2.45) is 17.8 Å². The molecule has 2 rings (SSSR count). The maximum absolute atomic E-state index is 11.1. The molecule has 0 aromatic heterocycles. The van der Waals surface area contributed by atoms with Crippen molar-refractivity contribution >= 4 is 15.8 Å². The van der Waals surface area contributed by atoms with Crippen LogP contribution in [0.4, 0.5) is 0 Å². The third kappa shape index (κ3) is 1.12. The number of carboxylic acid groups (broad SMARTS) is 1. The molecule has 0 radical (unpaired) electrons. The summed E-state index contributed by atoms with van der Waals surface area (Å²) < 4.78 is 22.1. The molecule has 0 spiro atoms. The predicted octanol–water partition coefficient (Wildman–Crippen LogP) is -0.248. The predicted molar refractivity (Wildman–Crippen MR) is 41.4 cm³/mol. The number of hydrogen-bond donors (Lipinski definition) is 1. The highest BCUT2D eigenvalue weighted by molar-refractivity contribution is 7.91. The molecular weight excluding hydrogens is 180 g/mol. The van der Waals surface area contributed by atoms with Crippen molar-refractivity contribution in [2.75, 3.05) is 11.5 Å². The van der Waals surface area contributed by atoms with Gasteiger partial charge in [0.05, 0.1) is 17.4 Å². The molecule has 1 saturated carbocycles. The fourth-order valence-electron chi connectivity index (χ4n) is 2.12. The summed E-state index contributed by atoms with van der Waals surface area (Å²) in [5, 5.41) is 8.66. The molecule has 1 heterocycles. The molecule has 1 aliphatic heterocycles. The van der Waals surface area contributed by atoms with Crippen LogP contribution in [-0.2, 0) is 14.6 Å². The van der Waals surface area contributed by atoms with Gasteiger partial charge < -0.3 is 5.11 Å². The Balaban J connectivity index is 2.12. The lowest BCUT2D eigenvalue weighted by atomic mass is 10.2.